The Hall–Kier alpha value is -1.42. The fourth-order valence-electron chi connectivity index (χ4n) is 2.52. The lowest BCUT2D eigenvalue weighted by atomic mass is 9.90. The highest BCUT2D eigenvalue weighted by molar-refractivity contribution is 5.94. The molecule has 4 heteroatoms. The van der Waals surface area contributed by atoms with E-state index in [1.807, 2.05) is 11.0 Å². The lowest BCUT2D eigenvalue weighted by Crippen LogP contribution is -2.51. The summed E-state index contributed by atoms with van der Waals surface area (Å²) in [6.45, 7) is 3.51. The van der Waals surface area contributed by atoms with E-state index in [1.54, 1.807) is 18.5 Å². The molecule has 1 fully saturated rings. The first-order chi connectivity index (χ1) is 8.24. The van der Waals surface area contributed by atoms with E-state index in [9.17, 15) is 4.79 Å². The van der Waals surface area contributed by atoms with Crippen molar-refractivity contribution in [1.82, 2.24) is 9.88 Å². The molecule has 2 unspecified atom stereocenters. The highest BCUT2D eigenvalue weighted by Gasteiger charge is 2.31. The minimum Gasteiger partial charge on any atom is -0.334 e. The van der Waals surface area contributed by atoms with Crippen LogP contribution in [0.15, 0.2) is 24.5 Å². The summed E-state index contributed by atoms with van der Waals surface area (Å²) in [6, 6.07) is 3.76. The molecule has 1 saturated heterocycles. The summed E-state index contributed by atoms with van der Waals surface area (Å²) in [5.41, 5.74) is 6.44. The predicted molar refractivity (Wildman–Crippen MR) is 66.5 cm³/mol. The van der Waals surface area contributed by atoms with Gasteiger partial charge in [-0.25, -0.2) is 0 Å². The Labute approximate surface area is 102 Å². The summed E-state index contributed by atoms with van der Waals surface area (Å²) in [7, 11) is 0. The van der Waals surface area contributed by atoms with Crippen molar-refractivity contribution in [2.45, 2.75) is 25.8 Å². The second-order valence-electron chi connectivity index (χ2n) is 4.66. The quantitative estimate of drug-likeness (QED) is 0.837. The average molecular weight is 233 g/mol. The maximum Gasteiger partial charge on any atom is 0.255 e. The van der Waals surface area contributed by atoms with E-state index >= 15 is 0 Å². The molecular formula is C13H19N3O. The van der Waals surface area contributed by atoms with Gasteiger partial charge in [0.2, 0.25) is 0 Å². The maximum absolute atomic E-state index is 12.3. The molecule has 2 N–H and O–H groups in total. The first-order valence-corrected chi connectivity index (χ1v) is 6.15. The highest BCUT2D eigenvalue weighted by atomic mass is 16.2. The van der Waals surface area contributed by atoms with Crippen LogP contribution in [0.3, 0.4) is 0 Å². The van der Waals surface area contributed by atoms with Crippen LogP contribution >= 0.6 is 0 Å². The van der Waals surface area contributed by atoms with Crippen molar-refractivity contribution in [1.29, 1.82) is 0 Å². The van der Waals surface area contributed by atoms with Crippen molar-refractivity contribution in [3.8, 4) is 0 Å². The molecule has 2 atom stereocenters. The van der Waals surface area contributed by atoms with Crippen LogP contribution < -0.4 is 5.73 Å². The van der Waals surface area contributed by atoms with Crippen LogP contribution in [-0.4, -0.2) is 34.9 Å². The number of rotatable bonds is 2. The molecule has 2 rings (SSSR count). The number of piperidine rings is 1. The van der Waals surface area contributed by atoms with Crippen molar-refractivity contribution >= 4 is 5.91 Å². The second kappa shape index (κ2) is 5.27. The molecule has 92 valence electrons. The monoisotopic (exact) mass is 233 g/mol. The Bertz CT molecular complexity index is 380. The molecular weight excluding hydrogens is 214 g/mol. The van der Waals surface area contributed by atoms with E-state index < -0.39 is 0 Å². The number of amides is 1. The van der Waals surface area contributed by atoms with E-state index in [-0.39, 0.29) is 11.9 Å². The summed E-state index contributed by atoms with van der Waals surface area (Å²) in [5.74, 6) is 0.537. The van der Waals surface area contributed by atoms with Gasteiger partial charge in [0, 0.05) is 31.5 Å². The van der Waals surface area contributed by atoms with Crippen LogP contribution in [-0.2, 0) is 0 Å². The maximum atomic E-state index is 12.3. The molecule has 0 saturated carbocycles. The molecule has 0 aromatic carbocycles. The van der Waals surface area contributed by atoms with Crippen molar-refractivity contribution in [3.63, 3.8) is 0 Å². The second-order valence-corrected chi connectivity index (χ2v) is 4.66. The highest BCUT2D eigenvalue weighted by Crippen LogP contribution is 2.24. The number of hydrogen-bond donors (Lipinski definition) is 1. The Kier molecular flexibility index (Phi) is 3.74. The molecule has 0 aliphatic carbocycles. The minimum absolute atomic E-state index is 0.0556. The smallest absolute Gasteiger partial charge is 0.255 e. The molecule has 0 radical (unpaired) electrons. The molecule has 2 heterocycles. The first-order valence-electron chi connectivity index (χ1n) is 6.15. The van der Waals surface area contributed by atoms with E-state index in [1.165, 1.54) is 0 Å². The van der Waals surface area contributed by atoms with Gasteiger partial charge in [0.1, 0.15) is 0 Å². The molecule has 1 aliphatic rings. The zero-order chi connectivity index (χ0) is 12.3. The van der Waals surface area contributed by atoms with Crippen LogP contribution in [0.25, 0.3) is 0 Å². The summed E-state index contributed by atoms with van der Waals surface area (Å²) in [6.07, 6.45) is 5.51. The molecule has 1 aromatic rings. The van der Waals surface area contributed by atoms with Crippen molar-refractivity contribution in [3.05, 3.63) is 30.1 Å². The molecule has 4 nitrogen and oxygen atoms in total. The molecule has 1 aromatic heterocycles. The number of nitrogens with zero attached hydrogens (tertiary/aromatic N) is 2. The molecule has 17 heavy (non-hydrogen) atoms. The summed E-state index contributed by atoms with van der Waals surface area (Å²) < 4.78 is 0. The van der Waals surface area contributed by atoms with Gasteiger partial charge in [-0.3, -0.25) is 9.78 Å². The summed E-state index contributed by atoms with van der Waals surface area (Å²) in [4.78, 5) is 18.2. The number of nitrogens with two attached hydrogens (primary N) is 1. The normalized spacial score (nSPS) is 24.7. The van der Waals surface area contributed by atoms with E-state index in [2.05, 4.69) is 11.9 Å². The standard InChI is InChI=1S/C13H19N3O/c1-10-4-3-7-16(12(10)8-14)13(17)11-5-2-6-15-9-11/h2,5-6,9-10,12H,3-4,7-8,14H2,1H3. The van der Waals surface area contributed by atoms with Gasteiger partial charge < -0.3 is 10.6 Å². The third-order valence-electron chi connectivity index (χ3n) is 3.53. The topological polar surface area (TPSA) is 59.2 Å². The fraction of sp³-hybridized carbons (Fsp3) is 0.538. The molecule has 1 amide bonds. The van der Waals surface area contributed by atoms with Crippen LogP contribution in [0.1, 0.15) is 30.1 Å². The van der Waals surface area contributed by atoms with Crippen molar-refractivity contribution in [2.75, 3.05) is 13.1 Å². The van der Waals surface area contributed by atoms with Gasteiger partial charge in [0.25, 0.3) is 5.91 Å². The lowest BCUT2D eigenvalue weighted by molar-refractivity contribution is 0.0532. The first kappa shape index (κ1) is 12.0. The number of carbonyl (C=O) groups excluding carboxylic acids is 1. The van der Waals surface area contributed by atoms with Crippen LogP contribution in [0, 0.1) is 5.92 Å². The third-order valence-corrected chi connectivity index (χ3v) is 3.53. The Balaban J connectivity index is 2.18. The lowest BCUT2D eigenvalue weighted by Gasteiger charge is -2.39. The van der Waals surface area contributed by atoms with Crippen LogP contribution in [0.4, 0.5) is 0 Å². The Morgan fingerprint density at radius 1 is 1.65 bits per heavy atom. The number of pyridine rings is 1. The fourth-order valence-corrected chi connectivity index (χ4v) is 2.52. The van der Waals surface area contributed by atoms with Gasteiger partial charge in [-0.15, -0.1) is 0 Å². The van der Waals surface area contributed by atoms with Gasteiger partial charge >= 0.3 is 0 Å². The van der Waals surface area contributed by atoms with E-state index in [0.717, 1.165) is 19.4 Å². The van der Waals surface area contributed by atoms with Gasteiger partial charge in [0.05, 0.1) is 5.56 Å². The van der Waals surface area contributed by atoms with Crippen molar-refractivity contribution < 1.29 is 4.79 Å². The van der Waals surface area contributed by atoms with Gasteiger partial charge in [0.15, 0.2) is 0 Å². The SMILES string of the molecule is CC1CCCN(C(=O)c2cccnc2)C1CN. The van der Waals surface area contributed by atoms with E-state index in [4.69, 9.17) is 5.73 Å². The number of likely N-dealkylation sites (tertiary alicyclic amines) is 1. The predicted octanol–water partition coefficient (Wildman–Crippen LogP) is 1.28. The minimum atomic E-state index is 0.0556. The summed E-state index contributed by atoms with van der Waals surface area (Å²) in [5, 5.41) is 0. The van der Waals surface area contributed by atoms with Crippen LogP contribution in [0.2, 0.25) is 0 Å². The van der Waals surface area contributed by atoms with Crippen molar-refractivity contribution in [2.24, 2.45) is 11.7 Å². The Morgan fingerprint density at radius 2 is 2.47 bits per heavy atom. The van der Waals surface area contributed by atoms with Gasteiger partial charge in [-0.05, 0) is 30.9 Å². The zero-order valence-electron chi connectivity index (χ0n) is 10.2. The average Bonchev–Trinajstić information content (AvgIpc) is 2.38. The zero-order valence-corrected chi connectivity index (χ0v) is 10.2. The number of hydrogen-bond acceptors (Lipinski definition) is 3. The number of aromatic nitrogens is 1. The molecule has 1 aliphatic heterocycles. The summed E-state index contributed by atoms with van der Waals surface area (Å²) >= 11 is 0. The number of carbonyl (C=O) groups is 1. The molecule has 0 bridgehead atoms. The van der Waals surface area contributed by atoms with Crippen LogP contribution in [0.5, 0.6) is 0 Å². The van der Waals surface area contributed by atoms with Gasteiger partial charge in [-0.1, -0.05) is 6.92 Å². The third kappa shape index (κ3) is 2.47. The Morgan fingerprint density at radius 3 is 3.12 bits per heavy atom. The largest absolute Gasteiger partial charge is 0.334 e. The van der Waals surface area contributed by atoms with Gasteiger partial charge in [-0.2, -0.15) is 0 Å². The van der Waals surface area contributed by atoms with E-state index in [0.29, 0.717) is 18.0 Å². The molecule has 0 spiro atoms.